The Labute approximate surface area is 106 Å². The zero-order valence-corrected chi connectivity index (χ0v) is 11.8. The highest BCUT2D eigenvalue weighted by molar-refractivity contribution is 5.77. The first-order chi connectivity index (χ1) is 7.92. The molecule has 0 aliphatic heterocycles. The molecule has 1 unspecified atom stereocenters. The van der Waals surface area contributed by atoms with Gasteiger partial charge in [0.2, 0.25) is 5.91 Å². The molecule has 1 atom stereocenters. The predicted molar refractivity (Wildman–Crippen MR) is 71.9 cm³/mol. The maximum absolute atomic E-state index is 11.6. The summed E-state index contributed by atoms with van der Waals surface area (Å²) in [5.41, 5.74) is 0.345. The van der Waals surface area contributed by atoms with Gasteiger partial charge in [-0.2, -0.15) is 0 Å². The summed E-state index contributed by atoms with van der Waals surface area (Å²) in [5.74, 6) is 0.783. The smallest absolute Gasteiger partial charge is 0.233 e. The number of hydrogen-bond acceptors (Lipinski definition) is 2. The molecular formula is C14H28N2O. The Bertz CT molecular complexity index is 249. The first-order valence-electron chi connectivity index (χ1n) is 6.92. The van der Waals surface area contributed by atoms with Gasteiger partial charge in [-0.3, -0.25) is 4.79 Å². The molecule has 1 aliphatic rings. The summed E-state index contributed by atoms with van der Waals surface area (Å²) < 4.78 is 0. The molecule has 0 aromatic carbocycles. The van der Waals surface area contributed by atoms with Crippen molar-refractivity contribution in [2.24, 2.45) is 11.3 Å². The molecule has 1 saturated carbocycles. The number of nitrogens with one attached hydrogen (secondary N) is 2. The van der Waals surface area contributed by atoms with Crippen LogP contribution in [0.25, 0.3) is 0 Å². The molecule has 1 fully saturated rings. The molecule has 0 aromatic rings. The van der Waals surface area contributed by atoms with Crippen molar-refractivity contribution in [2.45, 2.75) is 59.4 Å². The molecule has 0 spiro atoms. The van der Waals surface area contributed by atoms with E-state index in [0.29, 0.717) is 23.9 Å². The van der Waals surface area contributed by atoms with E-state index in [-0.39, 0.29) is 5.91 Å². The van der Waals surface area contributed by atoms with Crippen LogP contribution in [0.1, 0.15) is 53.4 Å². The highest BCUT2D eigenvalue weighted by Gasteiger charge is 2.34. The minimum atomic E-state index is 0.133. The van der Waals surface area contributed by atoms with Gasteiger partial charge in [-0.1, -0.05) is 34.1 Å². The number of carbonyl (C=O) groups is 1. The lowest BCUT2D eigenvalue weighted by molar-refractivity contribution is -0.120. The third kappa shape index (κ3) is 5.07. The first kappa shape index (κ1) is 14.5. The number of rotatable bonds is 6. The monoisotopic (exact) mass is 240 g/mol. The van der Waals surface area contributed by atoms with E-state index in [1.165, 1.54) is 19.3 Å². The summed E-state index contributed by atoms with van der Waals surface area (Å²) in [6.45, 7) is 10.2. The second kappa shape index (κ2) is 6.39. The van der Waals surface area contributed by atoms with Gasteiger partial charge in [0.15, 0.2) is 0 Å². The molecule has 17 heavy (non-hydrogen) atoms. The zero-order valence-electron chi connectivity index (χ0n) is 11.8. The average Bonchev–Trinajstić information content (AvgIpc) is 2.54. The summed E-state index contributed by atoms with van der Waals surface area (Å²) in [4.78, 5) is 11.6. The first-order valence-corrected chi connectivity index (χ1v) is 6.92. The van der Waals surface area contributed by atoms with Crippen LogP contribution in [0, 0.1) is 11.3 Å². The van der Waals surface area contributed by atoms with Gasteiger partial charge < -0.3 is 10.6 Å². The molecule has 0 bridgehead atoms. The van der Waals surface area contributed by atoms with Crippen molar-refractivity contribution >= 4 is 5.91 Å². The lowest BCUT2D eigenvalue weighted by Crippen LogP contribution is -2.43. The van der Waals surface area contributed by atoms with Crippen LogP contribution in [0.5, 0.6) is 0 Å². The van der Waals surface area contributed by atoms with Crippen molar-refractivity contribution in [1.29, 1.82) is 0 Å². The summed E-state index contributed by atoms with van der Waals surface area (Å²) in [6, 6.07) is 0.498. The van der Waals surface area contributed by atoms with E-state index >= 15 is 0 Å². The fraction of sp³-hybridized carbons (Fsp3) is 0.929. The van der Waals surface area contributed by atoms with Crippen molar-refractivity contribution in [3.8, 4) is 0 Å². The second-order valence-corrected chi connectivity index (χ2v) is 6.35. The SMILES string of the molecule is CC(C)CCNC(=O)CNC1CCCC1(C)C. The van der Waals surface area contributed by atoms with E-state index in [2.05, 4.69) is 38.3 Å². The Hall–Kier alpha value is -0.570. The Morgan fingerprint density at radius 3 is 2.65 bits per heavy atom. The van der Waals surface area contributed by atoms with Crippen LogP contribution in [0.3, 0.4) is 0 Å². The summed E-state index contributed by atoms with van der Waals surface area (Å²) in [5, 5.41) is 6.36. The van der Waals surface area contributed by atoms with E-state index in [1.54, 1.807) is 0 Å². The Balaban J connectivity index is 2.15. The molecule has 0 aromatic heterocycles. The fourth-order valence-corrected chi connectivity index (χ4v) is 2.48. The van der Waals surface area contributed by atoms with Gasteiger partial charge in [-0.15, -0.1) is 0 Å². The standard InChI is InChI=1S/C14H28N2O/c1-11(2)7-9-15-13(17)10-16-12-6-5-8-14(12,3)4/h11-12,16H,5-10H2,1-4H3,(H,15,17). The van der Waals surface area contributed by atoms with Crippen molar-refractivity contribution in [3.05, 3.63) is 0 Å². The minimum absolute atomic E-state index is 0.133. The highest BCUT2D eigenvalue weighted by Crippen LogP contribution is 2.36. The van der Waals surface area contributed by atoms with Gasteiger partial charge in [-0.05, 0) is 30.6 Å². The topological polar surface area (TPSA) is 41.1 Å². The van der Waals surface area contributed by atoms with E-state index in [4.69, 9.17) is 0 Å². The number of carbonyl (C=O) groups excluding carboxylic acids is 1. The summed E-state index contributed by atoms with van der Waals surface area (Å²) >= 11 is 0. The molecule has 3 heteroatoms. The van der Waals surface area contributed by atoms with E-state index in [9.17, 15) is 4.79 Å². The quantitative estimate of drug-likeness (QED) is 0.748. The molecule has 0 heterocycles. The third-order valence-electron chi connectivity index (χ3n) is 3.81. The zero-order chi connectivity index (χ0) is 12.9. The van der Waals surface area contributed by atoms with Crippen LogP contribution in [-0.4, -0.2) is 25.0 Å². The van der Waals surface area contributed by atoms with E-state index < -0.39 is 0 Å². The molecule has 100 valence electrons. The van der Waals surface area contributed by atoms with Crippen LogP contribution in [0.4, 0.5) is 0 Å². The number of hydrogen-bond donors (Lipinski definition) is 2. The molecule has 0 saturated heterocycles. The summed E-state index contributed by atoms with van der Waals surface area (Å²) in [6.07, 6.45) is 4.80. The van der Waals surface area contributed by atoms with Crippen molar-refractivity contribution < 1.29 is 4.79 Å². The Morgan fingerprint density at radius 1 is 1.41 bits per heavy atom. The maximum Gasteiger partial charge on any atom is 0.233 e. The van der Waals surface area contributed by atoms with Crippen LogP contribution < -0.4 is 10.6 Å². The molecule has 1 amide bonds. The van der Waals surface area contributed by atoms with Gasteiger partial charge in [0.1, 0.15) is 0 Å². The maximum atomic E-state index is 11.6. The van der Waals surface area contributed by atoms with Crippen LogP contribution in [0.2, 0.25) is 0 Å². The Morgan fingerprint density at radius 2 is 2.12 bits per heavy atom. The molecule has 1 aliphatic carbocycles. The number of amides is 1. The van der Waals surface area contributed by atoms with Gasteiger partial charge in [0.25, 0.3) is 0 Å². The van der Waals surface area contributed by atoms with Gasteiger partial charge >= 0.3 is 0 Å². The molecule has 3 nitrogen and oxygen atoms in total. The molecule has 1 rings (SSSR count). The van der Waals surface area contributed by atoms with E-state index in [0.717, 1.165) is 13.0 Å². The van der Waals surface area contributed by atoms with Gasteiger partial charge in [0, 0.05) is 12.6 Å². The minimum Gasteiger partial charge on any atom is -0.355 e. The largest absolute Gasteiger partial charge is 0.355 e. The van der Waals surface area contributed by atoms with Crippen molar-refractivity contribution in [2.75, 3.05) is 13.1 Å². The molecule has 0 radical (unpaired) electrons. The third-order valence-corrected chi connectivity index (χ3v) is 3.81. The van der Waals surface area contributed by atoms with Crippen LogP contribution in [-0.2, 0) is 4.79 Å². The second-order valence-electron chi connectivity index (χ2n) is 6.35. The fourth-order valence-electron chi connectivity index (χ4n) is 2.48. The Kier molecular flexibility index (Phi) is 5.44. The van der Waals surface area contributed by atoms with Crippen molar-refractivity contribution in [1.82, 2.24) is 10.6 Å². The van der Waals surface area contributed by atoms with Crippen molar-refractivity contribution in [3.63, 3.8) is 0 Å². The summed E-state index contributed by atoms with van der Waals surface area (Å²) in [7, 11) is 0. The highest BCUT2D eigenvalue weighted by atomic mass is 16.1. The predicted octanol–water partition coefficient (Wildman–Crippen LogP) is 2.32. The van der Waals surface area contributed by atoms with Gasteiger partial charge in [-0.25, -0.2) is 0 Å². The lowest BCUT2D eigenvalue weighted by atomic mass is 9.87. The molecular weight excluding hydrogens is 212 g/mol. The normalized spacial score (nSPS) is 23.0. The van der Waals surface area contributed by atoms with Crippen LogP contribution >= 0.6 is 0 Å². The molecule has 2 N–H and O–H groups in total. The van der Waals surface area contributed by atoms with Gasteiger partial charge in [0.05, 0.1) is 6.54 Å². The van der Waals surface area contributed by atoms with E-state index in [1.807, 2.05) is 0 Å². The lowest BCUT2D eigenvalue weighted by Gasteiger charge is -2.27. The van der Waals surface area contributed by atoms with Crippen LogP contribution in [0.15, 0.2) is 0 Å². The average molecular weight is 240 g/mol.